The van der Waals surface area contributed by atoms with Crippen LogP contribution in [0, 0.1) is 0 Å². The Morgan fingerprint density at radius 1 is 1.38 bits per heavy atom. The number of hydrogen-bond donors (Lipinski definition) is 1. The van der Waals surface area contributed by atoms with Crippen LogP contribution in [-0.2, 0) is 11.3 Å². The van der Waals surface area contributed by atoms with Gasteiger partial charge < -0.3 is 10.1 Å². The van der Waals surface area contributed by atoms with Gasteiger partial charge in [0.1, 0.15) is 0 Å². The van der Waals surface area contributed by atoms with Crippen LogP contribution >= 0.6 is 11.3 Å². The number of aromatic nitrogens is 3. The number of benzene rings is 1. The zero-order valence-corrected chi connectivity index (χ0v) is 14.0. The quantitative estimate of drug-likeness (QED) is 0.790. The first-order valence-electron chi connectivity index (χ1n) is 8.09. The number of thiazole rings is 1. The van der Waals surface area contributed by atoms with Crippen LogP contribution in [-0.4, -0.2) is 33.4 Å². The maximum Gasteiger partial charge on any atom is 0.284 e. The van der Waals surface area contributed by atoms with Gasteiger partial charge in [0.2, 0.25) is 0 Å². The minimum absolute atomic E-state index is 0.204. The first-order chi connectivity index (χ1) is 11.8. The number of carbonyl (C=O) groups excluding carboxylic acids is 1. The monoisotopic (exact) mass is 342 g/mol. The number of ether oxygens (including phenoxy) is 1. The van der Waals surface area contributed by atoms with Gasteiger partial charge in [-0.15, -0.1) is 11.3 Å². The van der Waals surface area contributed by atoms with Crippen molar-refractivity contribution in [2.24, 2.45) is 0 Å². The lowest BCUT2D eigenvalue weighted by Crippen LogP contribution is -2.24. The van der Waals surface area contributed by atoms with Gasteiger partial charge in [0.05, 0.1) is 34.7 Å². The molecule has 0 aliphatic carbocycles. The van der Waals surface area contributed by atoms with Gasteiger partial charge in [-0.05, 0) is 31.4 Å². The molecule has 0 saturated carbocycles. The smallest absolute Gasteiger partial charge is 0.284 e. The summed E-state index contributed by atoms with van der Waals surface area (Å²) in [5, 5.41) is 7.62. The number of nitrogens with zero attached hydrogens (tertiary/aromatic N) is 3. The summed E-state index contributed by atoms with van der Waals surface area (Å²) in [7, 11) is 0. The van der Waals surface area contributed by atoms with Crippen LogP contribution in [0.25, 0.3) is 10.2 Å². The Labute approximate surface area is 143 Å². The zero-order valence-electron chi connectivity index (χ0n) is 13.1. The van der Waals surface area contributed by atoms with Gasteiger partial charge >= 0.3 is 0 Å². The number of hydrogen-bond acceptors (Lipinski definition) is 5. The number of carbonyl (C=O) groups is 1. The van der Waals surface area contributed by atoms with Crippen molar-refractivity contribution >= 4 is 33.1 Å². The summed E-state index contributed by atoms with van der Waals surface area (Å²) >= 11 is 1.39. The van der Waals surface area contributed by atoms with Gasteiger partial charge in [0, 0.05) is 12.8 Å². The van der Waals surface area contributed by atoms with Crippen molar-refractivity contribution in [1.29, 1.82) is 0 Å². The molecule has 2 aromatic heterocycles. The summed E-state index contributed by atoms with van der Waals surface area (Å²) in [4.78, 5) is 16.7. The molecule has 1 N–H and O–H groups in total. The molecular weight excluding hydrogens is 324 g/mol. The topological polar surface area (TPSA) is 69.0 Å². The summed E-state index contributed by atoms with van der Waals surface area (Å²) in [6.45, 7) is 1.55. The fraction of sp³-hybridized carbons (Fsp3) is 0.353. The first kappa shape index (κ1) is 15.3. The molecule has 1 atom stereocenters. The second-order valence-corrected chi connectivity index (χ2v) is 6.91. The molecule has 1 aromatic carbocycles. The van der Waals surface area contributed by atoms with Crippen LogP contribution in [0.15, 0.2) is 36.7 Å². The molecule has 24 heavy (non-hydrogen) atoms. The molecule has 0 radical (unpaired) electrons. The highest BCUT2D eigenvalue weighted by atomic mass is 32.1. The zero-order chi connectivity index (χ0) is 16.4. The van der Waals surface area contributed by atoms with Gasteiger partial charge in [0.15, 0.2) is 5.01 Å². The molecule has 6 nitrogen and oxygen atoms in total. The average molecular weight is 342 g/mol. The third-order valence-electron chi connectivity index (χ3n) is 4.04. The molecule has 0 spiro atoms. The second-order valence-electron chi connectivity index (χ2n) is 5.88. The second kappa shape index (κ2) is 6.70. The molecule has 1 fully saturated rings. The van der Waals surface area contributed by atoms with Crippen LogP contribution in [0.4, 0.5) is 5.69 Å². The molecule has 3 heterocycles. The SMILES string of the molecule is O=C(Nc1cnn(C[C@H]2CCCCO2)c1)c1nc2ccccc2s1. The van der Waals surface area contributed by atoms with Crippen molar-refractivity contribution in [3.05, 3.63) is 41.7 Å². The van der Waals surface area contributed by atoms with Gasteiger partial charge in [-0.1, -0.05) is 12.1 Å². The lowest BCUT2D eigenvalue weighted by molar-refractivity contribution is 0.00401. The Morgan fingerprint density at radius 2 is 2.29 bits per heavy atom. The lowest BCUT2D eigenvalue weighted by Gasteiger charge is -2.22. The van der Waals surface area contributed by atoms with Crippen LogP contribution in [0.2, 0.25) is 0 Å². The van der Waals surface area contributed by atoms with E-state index >= 15 is 0 Å². The van der Waals surface area contributed by atoms with E-state index in [1.54, 1.807) is 6.20 Å². The normalized spacial score (nSPS) is 17.9. The van der Waals surface area contributed by atoms with Crippen LogP contribution in [0.5, 0.6) is 0 Å². The van der Waals surface area contributed by atoms with Gasteiger partial charge in [-0.2, -0.15) is 5.10 Å². The fourth-order valence-electron chi connectivity index (χ4n) is 2.84. The van der Waals surface area contributed by atoms with Crippen LogP contribution in [0.3, 0.4) is 0 Å². The summed E-state index contributed by atoms with van der Waals surface area (Å²) in [5.74, 6) is -0.204. The van der Waals surface area contributed by atoms with Crippen molar-refractivity contribution < 1.29 is 9.53 Å². The van der Waals surface area contributed by atoms with E-state index < -0.39 is 0 Å². The number of rotatable bonds is 4. The molecular formula is C17H18N4O2S. The number of anilines is 1. The third kappa shape index (κ3) is 3.32. The van der Waals surface area contributed by atoms with E-state index in [4.69, 9.17) is 4.74 Å². The summed E-state index contributed by atoms with van der Waals surface area (Å²) in [5.41, 5.74) is 1.52. The molecule has 1 amide bonds. The lowest BCUT2D eigenvalue weighted by atomic mass is 10.1. The van der Waals surface area contributed by atoms with Crippen molar-refractivity contribution in [2.45, 2.75) is 31.9 Å². The van der Waals surface area contributed by atoms with E-state index in [0.717, 1.165) is 36.2 Å². The number of amides is 1. The maximum atomic E-state index is 12.4. The van der Waals surface area contributed by atoms with E-state index in [2.05, 4.69) is 15.4 Å². The van der Waals surface area contributed by atoms with Crippen LogP contribution in [0.1, 0.15) is 29.1 Å². The Kier molecular flexibility index (Phi) is 4.27. The molecule has 1 aliphatic rings. The Balaban J connectivity index is 1.42. The van der Waals surface area contributed by atoms with E-state index in [1.807, 2.05) is 35.1 Å². The molecule has 1 saturated heterocycles. The Bertz CT molecular complexity index is 818. The van der Waals surface area contributed by atoms with E-state index in [1.165, 1.54) is 17.8 Å². The molecule has 3 aromatic rings. The minimum Gasteiger partial charge on any atom is -0.376 e. The number of nitrogens with one attached hydrogen (secondary N) is 1. The van der Waals surface area contributed by atoms with E-state index in [-0.39, 0.29) is 12.0 Å². The van der Waals surface area contributed by atoms with Crippen molar-refractivity contribution in [3.8, 4) is 0 Å². The predicted octanol–water partition coefficient (Wildman–Crippen LogP) is 3.31. The maximum absolute atomic E-state index is 12.4. The van der Waals surface area contributed by atoms with Gasteiger partial charge in [-0.25, -0.2) is 4.98 Å². The third-order valence-corrected chi connectivity index (χ3v) is 5.08. The van der Waals surface area contributed by atoms with E-state index in [0.29, 0.717) is 10.7 Å². The highest BCUT2D eigenvalue weighted by molar-refractivity contribution is 7.20. The van der Waals surface area contributed by atoms with Gasteiger partial charge in [-0.3, -0.25) is 9.48 Å². The molecule has 0 bridgehead atoms. The van der Waals surface area contributed by atoms with Crippen molar-refractivity contribution in [2.75, 3.05) is 11.9 Å². The largest absolute Gasteiger partial charge is 0.376 e. The highest BCUT2D eigenvalue weighted by Gasteiger charge is 2.16. The predicted molar refractivity (Wildman–Crippen MR) is 93.4 cm³/mol. The summed E-state index contributed by atoms with van der Waals surface area (Å²) in [6.07, 6.45) is 7.11. The number of fused-ring (bicyclic) bond motifs is 1. The standard InChI is InChI=1S/C17H18N4O2S/c22-16(17-20-14-6-1-2-7-15(14)24-17)19-12-9-18-21(10-12)11-13-5-3-4-8-23-13/h1-2,6-7,9-10,13H,3-5,8,11H2,(H,19,22)/t13-/m1/s1. The van der Waals surface area contributed by atoms with Crippen molar-refractivity contribution in [3.63, 3.8) is 0 Å². The Hall–Kier alpha value is -2.25. The summed E-state index contributed by atoms with van der Waals surface area (Å²) < 4.78 is 8.55. The molecule has 124 valence electrons. The Morgan fingerprint density at radius 3 is 3.12 bits per heavy atom. The van der Waals surface area contributed by atoms with Gasteiger partial charge in [0.25, 0.3) is 5.91 Å². The average Bonchev–Trinajstić information content (AvgIpc) is 3.22. The molecule has 0 unspecified atom stereocenters. The van der Waals surface area contributed by atoms with E-state index in [9.17, 15) is 4.79 Å². The summed E-state index contributed by atoms with van der Waals surface area (Å²) in [6, 6.07) is 7.73. The van der Waals surface area contributed by atoms with Crippen LogP contribution < -0.4 is 5.32 Å². The fourth-order valence-corrected chi connectivity index (χ4v) is 3.70. The molecule has 1 aliphatic heterocycles. The molecule has 7 heteroatoms. The van der Waals surface area contributed by atoms with Crippen molar-refractivity contribution in [1.82, 2.24) is 14.8 Å². The first-order valence-corrected chi connectivity index (χ1v) is 8.90. The number of para-hydroxylation sites is 1. The molecule has 4 rings (SSSR count). The highest BCUT2D eigenvalue weighted by Crippen LogP contribution is 2.22. The minimum atomic E-state index is -0.204.